The van der Waals surface area contributed by atoms with Gasteiger partial charge in [0.2, 0.25) is 5.82 Å². The van der Waals surface area contributed by atoms with Crippen LogP contribution in [0.25, 0.3) is 11.0 Å². The summed E-state index contributed by atoms with van der Waals surface area (Å²) >= 11 is 2.18. The highest BCUT2D eigenvalue weighted by Crippen LogP contribution is 2.31. The van der Waals surface area contributed by atoms with Crippen LogP contribution in [0.3, 0.4) is 0 Å². The number of hydrogen-bond acceptors (Lipinski definition) is 7. The number of aromatic nitrogens is 3. The third-order valence-electron chi connectivity index (χ3n) is 3.15. The maximum absolute atomic E-state index is 13.0. The van der Waals surface area contributed by atoms with Crippen molar-refractivity contribution in [2.24, 2.45) is 5.73 Å². The molecule has 130 valence electrons. The highest BCUT2D eigenvalue weighted by atomic mass is 32.2. The molecule has 0 aromatic carbocycles. The number of Topliss-reactive ketones (excluding diaryl/α,β-unsaturated/α-hetero) is 1. The van der Waals surface area contributed by atoms with Gasteiger partial charge in [-0.1, -0.05) is 11.8 Å². The van der Waals surface area contributed by atoms with Crippen LogP contribution in [-0.4, -0.2) is 26.5 Å². The van der Waals surface area contributed by atoms with E-state index < -0.39 is 12.0 Å². The fourth-order valence-corrected chi connectivity index (χ4v) is 3.79. The number of halogens is 3. The fourth-order valence-electron chi connectivity index (χ4n) is 2.01. The number of pyridine rings is 1. The Morgan fingerprint density at radius 3 is 2.72 bits per heavy atom. The van der Waals surface area contributed by atoms with E-state index in [1.54, 1.807) is 12.1 Å². The topological polar surface area (TPSA) is 81.8 Å². The third-order valence-corrected chi connectivity index (χ3v) is 5.27. The minimum atomic E-state index is -4.67. The van der Waals surface area contributed by atoms with E-state index in [0.29, 0.717) is 11.4 Å². The normalized spacial score (nSPS) is 11.8. The summed E-state index contributed by atoms with van der Waals surface area (Å²) in [7, 11) is 0. The van der Waals surface area contributed by atoms with Gasteiger partial charge in [0.15, 0.2) is 5.78 Å². The van der Waals surface area contributed by atoms with E-state index in [2.05, 4.69) is 15.0 Å². The molecule has 0 aliphatic heterocycles. The Kier molecular flexibility index (Phi) is 5.02. The van der Waals surface area contributed by atoms with Crippen LogP contribution in [0, 0.1) is 0 Å². The molecule has 3 heterocycles. The van der Waals surface area contributed by atoms with Crippen molar-refractivity contribution >= 4 is 39.9 Å². The van der Waals surface area contributed by atoms with Crippen LogP contribution in [0.2, 0.25) is 0 Å². The van der Waals surface area contributed by atoms with E-state index in [9.17, 15) is 18.0 Å². The summed E-state index contributed by atoms with van der Waals surface area (Å²) in [6, 6.07) is 6.34. The standard InChI is InChI=1S/C15H11F3N4OS2/c16-15(17,18)14-21-9-2-1-5-20-12(9)13(22-14)24-7-10(23)11-4-3-8(6-19)25-11/h1-5H,6-7,19H2. The summed E-state index contributed by atoms with van der Waals surface area (Å²) in [6.07, 6.45) is -3.23. The van der Waals surface area contributed by atoms with Crippen molar-refractivity contribution in [3.8, 4) is 0 Å². The van der Waals surface area contributed by atoms with Gasteiger partial charge < -0.3 is 5.73 Å². The maximum atomic E-state index is 13.0. The van der Waals surface area contributed by atoms with E-state index in [4.69, 9.17) is 5.73 Å². The van der Waals surface area contributed by atoms with Crippen LogP contribution in [0.5, 0.6) is 0 Å². The lowest BCUT2D eigenvalue weighted by molar-refractivity contribution is -0.145. The molecule has 0 saturated heterocycles. The van der Waals surface area contributed by atoms with Crippen molar-refractivity contribution in [2.45, 2.75) is 17.7 Å². The van der Waals surface area contributed by atoms with Gasteiger partial charge in [0.05, 0.1) is 16.1 Å². The Hall–Kier alpha value is -2.04. The molecule has 0 radical (unpaired) electrons. The lowest BCUT2D eigenvalue weighted by Gasteiger charge is -2.09. The van der Waals surface area contributed by atoms with E-state index in [1.807, 2.05) is 0 Å². The number of nitrogens with zero attached hydrogens (tertiary/aromatic N) is 3. The van der Waals surface area contributed by atoms with Crippen molar-refractivity contribution < 1.29 is 18.0 Å². The highest BCUT2D eigenvalue weighted by Gasteiger charge is 2.35. The van der Waals surface area contributed by atoms with Crippen LogP contribution >= 0.6 is 23.1 Å². The molecule has 5 nitrogen and oxygen atoms in total. The number of hydrogen-bond donors (Lipinski definition) is 1. The molecule has 0 atom stereocenters. The van der Waals surface area contributed by atoms with Gasteiger partial charge in [0.25, 0.3) is 0 Å². The Bertz CT molecular complexity index is 927. The molecule has 0 spiro atoms. The number of thiophene rings is 1. The predicted octanol–water partition coefficient (Wildman–Crippen LogP) is 3.54. The predicted molar refractivity (Wildman–Crippen MR) is 89.6 cm³/mol. The molecule has 10 heteroatoms. The lowest BCUT2D eigenvalue weighted by Crippen LogP contribution is -2.12. The Balaban J connectivity index is 1.88. The average molecular weight is 384 g/mol. The molecular formula is C15H11F3N4OS2. The largest absolute Gasteiger partial charge is 0.451 e. The van der Waals surface area contributed by atoms with Crippen LogP contribution in [0.1, 0.15) is 20.4 Å². The molecule has 0 unspecified atom stereocenters. The first-order valence-electron chi connectivity index (χ1n) is 7.03. The molecule has 0 aliphatic carbocycles. The molecule has 0 amide bonds. The first kappa shape index (κ1) is 17.8. The van der Waals surface area contributed by atoms with Crippen LogP contribution < -0.4 is 5.73 Å². The molecule has 3 aromatic rings. The van der Waals surface area contributed by atoms with Gasteiger partial charge in [-0.25, -0.2) is 9.97 Å². The van der Waals surface area contributed by atoms with Gasteiger partial charge in [-0.2, -0.15) is 13.2 Å². The van der Waals surface area contributed by atoms with Gasteiger partial charge >= 0.3 is 6.18 Å². The number of nitrogens with two attached hydrogens (primary N) is 1. The Morgan fingerprint density at radius 2 is 2.04 bits per heavy atom. The zero-order valence-electron chi connectivity index (χ0n) is 12.6. The van der Waals surface area contributed by atoms with E-state index in [1.165, 1.54) is 29.7 Å². The van der Waals surface area contributed by atoms with Gasteiger partial charge in [0, 0.05) is 17.6 Å². The van der Waals surface area contributed by atoms with Crippen molar-refractivity contribution in [1.82, 2.24) is 15.0 Å². The SMILES string of the molecule is NCc1ccc(C(=O)CSc2nc(C(F)(F)F)nc3cccnc23)s1. The van der Waals surface area contributed by atoms with Gasteiger partial charge in [-0.15, -0.1) is 11.3 Å². The van der Waals surface area contributed by atoms with E-state index >= 15 is 0 Å². The first-order chi connectivity index (χ1) is 11.9. The van der Waals surface area contributed by atoms with Crippen LogP contribution in [0.4, 0.5) is 13.2 Å². The number of thioether (sulfide) groups is 1. The van der Waals surface area contributed by atoms with Crippen molar-refractivity contribution in [1.29, 1.82) is 0 Å². The number of carbonyl (C=O) groups is 1. The molecule has 0 bridgehead atoms. The summed E-state index contributed by atoms with van der Waals surface area (Å²) in [5.41, 5.74) is 5.83. The molecule has 0 saturated carbocycles. The van der Waals surface area contributed by atoms with Crippen molar-refractivity contribution in [3.63, 3.8) is 0 Å². The first-order valence-corrected chi connectivity index (χ1v) is 8.83. The minimum Gasteiger partial charge on any atom is -0.326 e. The molecule has 25 heavy (non-hydrogen) atoms. The number of ketones is 1. The summed E-state index contributed by atoms with van der Waals surface area (Å²) in [4.78, 5) is 24.7. The van der Waals surface area contributed by atoms with Gasteiger partial charge in [-0.3, -0.25) is 9.78 Å². The zero-order chi connectivity index (χ0) is 18.0. The van der Waals surface area contributed by atoms with Crippen molar-refractivity contribution in [2.75, 3.05) is 5.75 Å². The monoisotopic (exact) mass is 384 g/mol. The number of fused-ring (bicyclic) bond motifs is 1. The van der Waals surface area contributed by atoms with Crippen LogP contribution in [-0.2, 0) is 12.7 Å². The third kappa shape index (κ3) is 3.97. The molecular weight excluding hydrogens is 373 g/mol. The smallest absolute Gasteiger partial charge is 0.326 e. The fraction of sp³-hybridized carbons (Fsp3) is 0.200. The quantitative estimate of drug-likeness (QED) is 0.412. The number of rotatable bonds is 5. The molecule has 0 fully saturated rings. The lowest BCUT2D eigenvalue weighted by atomic mass is 10.3. The number of carbonyl (C=O) groups excluding carboxylic acids is 1. The number of alkyl halides is 3. The molecule has 3 aromatic heterocycles. The Morgan fingerprint density at radius 1 is 1.24 bits per heavy atom. The summed E-state index contributed by atoms with van der Waals surface area (Å²) < 4.78 is 38.9. The second-order valence-electron chi connectivity index (χ2n) is 4.90. The van der Waals surface area contributed by atoms with Gasteiger partial charge in [-0.05, 0) is 24.3 Å². The van der Waals surface area contributed by atoms with Crippen LogP contribution in [0.15, 0.2) is 35.5 Å². The zero-order valence-corrected chi connectivity index (χ0v) is 14.2. The summed E-state index contributed by atoms with van der Waals surface area (Å²) in [5.74, 6) is -1.50. The highest BCUT2D eigenvalue weighted by molar-refractivity contribution is 8.00. The summed E-state index contributed by atoms with van der Waals surface area (Å²) in [5, 5.41) is 0.0295. The van der Waals surface area contributed by atoms with Gasteiger partial charge in [0.1, 0.15) is 10.5 Å². The molecule has 3 rings (SSSR count). The second kappa shape index (κ2) is 7.06. The van der Waals surface area contributed by atoms with E-state index in [-0.39, 0.29) is 27.6 Å². The summed E-state index contributed by atoms with van der Waals surface area (Å²) in [6.45, 7) is 0.334. The molecule has 0 aliphatic rings. The maximum Gasteiger partial charge on any atom is 0.451 e. The van der Waals surface area contributed by atoms with E-state index in [0.717, 1.165) is 16.6 Å². The van der Waals surface area contributed by atoms with Crippen molar-refractivity contribution in [3.05, 3.63) is 46.0 Å². The minimum absolute atomic E-state index is 0.0295. The average Bonchev–Trinajstić information content (AvgIpc) is 3.07. The second-order valence-corrected chi connectivity index (χ2v) is 7.04. The Labute approximate surface area is 148 Å². The molecule has 2 N–H and O–H groups in total.